The van der Waals surface area contributed by atoms with Gasteiger partial charge in [0.05, 0.1) is 5.52 Å². The zero-order valence-electron chi connectivity index (χ0n) is 18.6. The molecule has 160 valence electrons. The van der Waals surface area contributed by atoms with Crippen molar-refractivity contribution in [2.24, 2.45) is 0 Å². The van der Waals surface area contributed by atoms with Crippen molar-refractivity contribution in [3.8, 4) is 23.0 Å². The quantitative estimate of drug-likeness (QED) is 0.489. The molecule has 1 aromatic heterocycles. The first-order valence-corrected chi connectivity index (χ1v) is 10.6. The van der Waals surface area contributed by atoms with Crippen LogP contribution in [0.3, 0.4) is 0 Å². The van der Waals surface area contributed by atoms with Gasteiger partial charge in [0.15, 0.2) is 0 Å². The van der Waals surface area contributed by atoms with Crippen LogP contribution in [-0.4, -0.2) is 60.1 Å². The molecule has 32 heavy (non-hydrogen) atoms. The summed E-state index contributed by atoms with van der Waals surface area (Å²) in [5.74, 6) is 6.51. The van der Waals surface area contributed by atoms with Crippen LogP contribution in [0.15, 0.2) is 72.8 Å². The van der Waals surface area contributed by atoms with Crippen molar-refractivity contribution in [3.05, 3.63) is 89.6 Å². The minimum absolute atomic E-state index is 0.0108. The number of nitrogens with one attached hydrogen (secondary N) is 1. The summed E-state index contributed by atoms with van der Waals surface area (Å²) in [4.78, 5) is 16.7. The highest BCUT2D eigenvalue weighted by molar-refractivity contribution is 5.98. The summed E-state index contributed by atoms with van der Waals surface area (Å²) < 4.78 is 0. The number of aromatic amines is 1. The summed E-state index contributed by atoms with van der Waals surface area (Å²) in [6, 6.07) is 23.9. The summed E-state index contributed by atoms with van der Waals surface area (Å²) in [5.41, 5.74) is 5.28. The number of rotatable bonds is 5. The van der Waals surface area contributed by atoms with E-state index in [4.69, 9.17) is 0 Å². The summed E-state index contributed by atoms with van der Waals surface area (Å²) in [6.07, 6.45) is 0. The van der Waals surface area contributed by atoms with Gasteiger partial charge in [-0.2, -0.15) is 5.10 Å². The lowest BCUT2D eigenvalue weighted by atomic mass is 10.00. The Bertz CT molecular complexity index is 1300. The summed E-state index contributed by atoms with van der Waals surface area (Å²) >= 11 is 0. The molecule has 5 heteroatoms. The highest BCUT2D eigenvalue weighted by Crippen LogP contribution is 2.23. The van der Waals surface area contributed by atoms with Crippen LogP contribution < -0.4 is 0 Å². The first-order chi connectivity index (χ1) is 15.5. The molecular formula is C27H26N4O. The average Bonchev–Trinajstić information content (AvgIpc) is 3.23. The van der Waals surface area contributed by atoms with Crippen molar-refractivity contribution >= 4 is 16.8 Å². The third-order valence-electron chi connectivity index (χ3n) is 5.36. The van der Waals surface area contributed by atoms with Gasteiger partial charge in [-0.15, -0.1) is 0 Å². The molecule has 1 heterocycles. The number of benzene rings is 3. The Morgan fingerprint density at radius 2 is 1.66 bits per heavy atom. The second-order valence-electron chi connectivity index (χ2n) is 8.02. The van der Waals surface area contributed by atoms with Gasteiger partial charge in [0.1, 0.15) is 5.69 Å². The second kappa shape index (κ2) is 9.51. The fraction of sp³-hybridized carbons (Fsp3) is 0.185. The van der Waals surface area contributed by atoms with Crippen LogP contribution in [0, 0.1) is 11.8 Å². The van der Waals surface area contributed by atoms with E-state index in [0.717, 1.165) is 34.1 Å². The molecule has 3 aromatic carbocycles. The molecule has 0 spiro atoms. The lowest BCUT2D eigenvalue weighted by Gasteiger charge is -2.19. The molecule has 0 saturated carbocycles. The van der Waals surface area contributed by atoms with E-state index in [9.17, 15) is 4.79 Å². The molecule has 5 nitrogen and oxygen atoms in total. The predicted molar refractivity (Wildman–Crippen MR) is 129 cm³/mol. The van der Waals surface area contributed by atoms with Crippen LogP contribution in [0.4, 0.5) is 0 Å². The van der Waals surface area contributed by atoms with Crippen molar-refractivity contribution in [1.29, 1.82) is 0 Å². The first kappa shape index (κ1) is 21.4. The maximum Gasteiger partial charge on any atom is 0.253 e. The van der Waals surface area contributed by atoms with E-state index in [1.807, 2.05) is 75.7 Å². The molecule has 4 rings (SSSR count). The lowest BCUT2D eigenvalue weighted by Crippen LogP contribution is -2.33. The molecule has 0 aliphatic rings. The molecule has 0 bridgehead atoms. The number of amides is 1. The monoisotopic (exact) mass is 422 g/mol. The van der Waals surface area contributed by atoms with Gasteiger partial charge in [-0.3, -0.25) is 9.89 Å². The van der Waals surface area contributed by atoms with Crippen molar-refractivity contribution in [2.75, 3.05) is 34.2 Å². The molecule has 0 unspecified atom stereocenters. The summed E-state index contributed by atoms with van der Waals surface area (Å²) in [7, 11) is 5.82. The number of fused-ring (bicyclic) bond motifs is 1. The van der Waals surface area contributed by atoms with Gasteiger partial charge in [0.25, 0.3) is 5.91 Å². The zero-order valence-corrected chi connectivity index (χ0v) is 18.6. The number of nitrogens with zero attached hydrogens (tertiary/aromatic N) is 3. The molecule has 0 fully saturated rings. The van der Waals surface area contributed by atoms with E-state index < -0.39 is 0 Å². The molecule has 0 aliphatic heterocycles. The van der Waals surface area contributed by atoms with Gasteiger partial charge in [0, 0.05) is 36.7 Å². The van der Waals surface area contributed by atoms with E-state index in [1.165, 1.54) is 0 Å². The fourth-order valence-corrected chi connectivity index (χ4v) is 3.50. The van der Waals surface area contributed by atoms with Crippen molar-refractivity contribution in [1.82, 2.24) is 20.0 Å². The maximum atomic E-state index is 12.9. The summed E-state index contributed by atoms with van der Waals surface area (Å²) in [6.45, 7) is 1.48. The maximum absolute atomic E-state index is 12.9. The minimum Gasteiger partial charge on any atom is -0.340 e. The van der Waals surface area contributed by atoms with Gasteiger partial charge in [0.2, 0.25) is 0 Å². The Labute approximate surface area is 188 Å². The Kier molecular flexibility index (Phi) is 6.34. The van der Waals surface area contributed by atoms with Gasteiger partial charge < -0.3 is 9.80 Å². The molecule has 4 aromatic rings. The molecule has 0 aliphatic carbocycles. The zero-order chi connectivity index (χ0) is 22.5. The smallest absolute Gasteiger partial charge is 0.253 e. The molecule has 1 amide bonds. The lowest BCUT2D eigenvalue weighted by molar-refractivity contribution is 0.0786. The Balaban J connectivity index is 1.65. The standard InChI is InChI=1S/C27H26N4O/c1-30(2)17-18-31(3)27(32)22-14-16-26-24(19-22)25(28-29-26)15-13-21-11-7-8-12-23(21)20-9-5-4-6-10-20/h4-12,14,16,19H,17-18H2,1-3H3,(H,28,29). The number of likely N-dealkylation sites (N-methyl/N-ethyl adjacent to an activating group) is 2. The third-order valence-corrected chi connectivity index (χ3v) is 5.36. The van der Waals surface area contributed by atoms with Crippen LogP contribution in [0.1, 0.15) is 21.6 Å². The molecule has 1 N–H and O–H groups in total. The number of H-pyrrole nitrogens is 1. The van der Waals surface area contributed by atoms with E-state index in [0.29, 0.717) is 17.8 Å². The van der Waals surface area contributed by atoms with Crippen molar-refractivity contribution in [3.63, 3.8) is 0 Å². The number of hydrogen-bond acceptors (Lipinski definition) is 3. The topological polar surface area (TPSA) is 52.2 Å². The summed E-state index contributed by atoms with van der Waals surface area (Å²) in [5, 5.41) is 8.23. The first-order valence-electron chi connectivity index (χ1n) is 10.6. The van der Waals surface area contributed by atoms with Crippen LogP contribution in [0.2, 0.25) is 0 Å². The Hall–Kier alpha value is -3.88. The molecule has 0 radical (unpaired) electrons. The van der Waals surface area contributed by atoms with Gasteiger partial charge in [-0.1, -0.05) is 54.5 Å². The highest BCUT2D eigenvalue weighted by atomic mass is 16.2. The number of hydrogen-bond donors (Lipinski definition) is 1. The highest BCUT2D eigenvalue weighted by Gasteiger charge is 2.14. The Morgan fingerprint density at radius 3 is 2.44 bits per heavy atom. The minimum atomic E-state index is -0.0108. The molecule has 0 atom stereocenters. The predicted octanol–water partition coefficient (Wildman–Crippen LogP) is 4.26. The van der Waals surface area contributed by atoms with E-state index in [2.05, 4.69) is 45.1 Å². The van der Waals surface area contributed by atoms with Crippen LogP contribution in [0.25, 0.3) is 22.0 Å². The van der Waals surface area contributed by atoms with Crippen LogP contribution >= 0.6 is 0 Å². The van der Waals surface area contributed by atoms with Crippen LogP contribution in [-0.2, 0) is 0 Å². The largest absolute Gasteiger partial charge is 0.340 e. The van der Waals surface area contributed by atoms with E-state index in [1.54, 1.807) is 4.90 Å². The SMILES string of the molecule is CN(C)CCN(C)C(=O)c1ccc2n[nH]c(C#Cc3ccccc3-c3ccccc3)c2c1. The molecule has 0 saturated heterocycles. The molecular weight excluding hydrogens is 396 g/mol. The second-order valence-corrected chi connectivity index (χ2v) is 8.02. The van der Waals surface area contributed by atoms with E-state index in [-0.39, 0.29) is 5.91 Å². The van der Waals surface area contributed by atoms with Gasteiger partial charge >= 0.3 is 0 Å². The Morgan fingerprint density at radius 1 is 0.906 bits per heavy atom. The fourth-order valence-electron chi connectivity index (χ4n) is 3.50. The number of carbonyl (C=O) groups excluding carboxylic acids is 1. The number of aromatic nitrogens is 2. The van der Waals surface area contributed by atoms with Gasteiger partial charge in [-0.25, -0.2) is 0 Å². The van der Waals surface area contributed by atoms with E-state index >= 15 is 0 Å². The number of carbonyl (C=O) groups is 1. The van der Waals surface area contributed by atoms with Crippen molar-refractivity contribution in [2.45, 2.75) is 0 Å². The van der Waals surface area contributed by atoms with Crippen molar-refractivity contribution < 1.29 is 4.79 Å². The normalized spacial score (nSPS) is 10.8. The average molecular weight is 423 g/mol. The van der Waals surface area contributed by atoms with Crippen LogP contribution in [0.5, 0.6) is 0 Å². The van der Waals surface area contributed by atoms with Gasteiger partial charge in [-0.05, 0) is 55.4 Å². The third kappa shape index (κ3) is 4.72.